The minimum absolute atomic E-state index is 0.0279. The van der Waals surface area contributed by atoms with Crippen LogP contribution in [-0.2, 0) is 0 Å². The number of benzene rings is 1. The lowest BCUT2D eigenvalue weighted by Crippen LogP contribution is -2.54. The molecule has 1 aromatic carbocycles. The molecular weight excluding hydrogens is 253 g/mol. The highest BCUT2D eigenvalue weighted by Crippen LogP contribution is 2.28. The first-order valence-electron chi connectivity index (χ1n) is 7.67. The molecule has 110 valence electrons. The summed E-state index contributed by atoms with van der Waals surface area (Å²) < 4.78 is 13.8. The second-order valence-electron chi connectivity index (χ2n) is 6.28. The summed E-state index contributed by atoms with van der Waals surface area (Å²) in [7, 11) is 0. The molecule has 3 rings (SSSR count). The summed E-state index contributed by atoms with van der Waals surface area (Å²) in [4.78, 5) is 4.59. The van der Waals surface area contributed by atoms with Crippen molar-refractivity contribution >= 4 is 5.69 Å². The third kappa shape index (κ3) is 2.96. The van der Waals surface area contributed by atoms with Gasteiger partial charge >= 0.3 is 0 Å². The van der Waals surface area contributed by atoms with E-state index >= 15 is 0 Å². The number of para-hydroxylation sites is 1. The lowest BCUT2D eigenvalue weighted by Gasteiger charge is -2.39. The predicted octanol–water partition coefficient (Wildman–Crippen LogP) is 2.22. The average Bonchev–Trinajstić information content (AvgIpc) is 2.87. The number of hydrogen-bond acceptors (Lipinski definition) is 3. The highest BCUT2D eigenvalue weighted by molar-refractivity contribution is 5.47. The number of piperazine rings is 1. The third-order valence-electron chi connectivity index (χ3n) is 4.70. The Morgan fingerprint density at radius 2 is 1.70 bits per heavy atom. The van der Waals surface area contributed by atoms with Crippen LogP contribution >= 0.6 is 0 Å². The van der Waals surface area contributed by atoms with E-state index in [1.165, 1.54) is 18.9 Å². The Hall–Kier alpha value is -1.13. The molecule has 0 aromatic heterocycles. The average molecular weight is 277 g/mol. The van der Waals surface area contributed by atoms with E-state index in [4.69, 9.17) is 5.73 Å². The minimum Gasteiger partial charge on any atom is -0.367 e. The van der Waals surface area contributed by atoms with E-state index in [-0.39, 0.29) is 11.4 Å². The molecule has 0 radical (unpaired) electrons. The fourth-order valence-electron chi connectivity index (χ4n) is 3.54. The van der Waals surface area contributed by atoms with Gasteiger partial charge in [-0.05, 0) is 25.0 Å². The number of anilines is 1. The Labute approximate surface area is 120 Å². The van der Waals surface area contributed by atoms with Crippen molar-refractivity contribution < 1.29 is 4.39 Å². The van der Waals surface area contributed by atoms with Gasteiger partial charge in [-0.25, -0.2) is 4.39 Å². The molecule has 0 bridgehead atoms. The lowest BCUT2D eigenvalue weighted by molar-refractivity contribution is 0.199. The Morgan fingerprint density at radius 3 is 2.35 bits per heavy atom. The van der Waals surface area contributed by atoms with Crippen LogP contribution < -0.4 is 10.6 Å². The summed E-state index contributed by atoms with van der Waals surface area (Å²) in [5.74, 6) is -0.118. The number of halogens is 1. The van der Waals surface area contributed by atoms with E-state index < -0.39 is 0 Å². The summed E-state index contributed by atoms with van der Waals surface area (Å²) >= 11 is 0. The molecule has 0 spiro atoms. The van der Waals surface area contributed by atoms with Gasteiger partial charge in [-0.2, -0.15) is 0 Å². The lowest BCUT2D eigenvalue weighted by atomic mass is 9.98. The van der Waals surface area contributed by atoms with Crippen LogP contribution in [0.25, 0.3) is 0 Å². The molecule has 2 aliphatic rings. The van der Waals surface area contributed by atoms with Crippen molar-refractivity contribution in [3.63, 3.8) is 0 Å². The van der Waals surface area contributed by atoms with Crippen LogP contribution in [0.4, 0.5) is 10.1 Å². The van der Waals surface area contributed by atoms with Crippen LogP contribution in [-0.4, -0.2) is 43.2 Å². The van der Waals surface area contributed by atoms with Gasteiger partial charge in [0.25, 0.3) is 0 Å². The Morgan fingerprint density at radius 1 is 1.05 bits per heavy atom. The molecule has 0 atom stereocenters. The zero-order valence-electron chi connectivity index (χ0n) is 12.0. The van der Waals surface area contributed by atoms with Gasteiger partial charge in [0, 0.05) is 38.3 Å². The quantitative estimate of drug-likeness (QED) is 0.919. The van der Waals surface area contributed by atoms with E-state index in [2.05, 4.69) is 9.80 Å². The van der Waals surface area contributed by atoms with Gasteiger partial charge < -0.3 is 10.6 Å². The Bertz CT molecular complexity index is 449. The monoisotopic (exact) mass is 277 g/mol. The van der Waals surface area contributed by atoms with E-state index in [1.54, 1.807) is 6.07 Å². The van der Waals surface area contributed by atoms with Crippen LogP contribution in [0, 0.1) is 5.82 Å². The van der Waals surface area contributed by atoms with Crippen molar-refractivity contribution in [2.45, 2.75) is 31.2 Å². The molecule has 1 aliphatic carbocycles. The summed E-state index contributed by atoms with van der Waals surface area (Å²) in [5.41, 5.74) is 7.20. The summed E-state index contributed by atoms with van der Waals surface area (Å²) in [6, 6.07) is 7.05. The van der Waals surface area contributed by atoms with E-state index in [0.717, 1.165) is 51.3 Å². The molecule has 1 saturated heterocycles. The molecule has 3 nitrogen and oxygen atoms in total. The molecule has 1 aromatic rings. The first-order valence-corrected chi connectivity index (χ1v) is 7.67. The van der Waals surface area contributed by atoms with E-state index in [0.29, 0.717) is 0 Å². The molecule has 20 heavy (non-hydrogen) atoms. The second-order valence-corrected chi connectivity index (χ2v) is 6.28. The molecule has 1 heterocycles. The van der Waals surface area contributed by atoms with Gasteiger partial charge in [-0.1, -0.05) is 25.0 Å². The Kier molecular flexibility index (Phi) is 3.94. The van der Waals surface area contributed by atoms with Crippen LogP contribution in [0.2, 0.25) is 0 Å². The van der Waals surface area contributed by atoms with Gasteiger partial charge in [0.1, 0.15) is 5.82 Å². The predicted molar refractivity (Wildman–Crippen MR) is 80.4 cm³/mol. The zero-order chi connectivity index (χ0) is 14.0. The van der Waals surface area contributed by atoms with Crippen LogP contribution in [0.15, 0.2) is 24.3 Å². The summed E-state index contributed by atoms with van der Waals surface area (Å²) in [5, 5.41) is 0. The topological polar surface area (TPSA) is 32.5 Å². The third-order valence-corrected chi connectivity index (χ3v) is 4.70. The van der Waals surface area contributed by atoms with Crippen molar-refractivity contribution in [2.75, 3.05) is 37.6 Å². The van der Waals surface area contributed by atoms with Crippen molar-refractivity contribution in [3.05, 3.63) is 30.1 Å². The molecule has 2 N–H and O–H groups in total. The molecule has 1 saturated carbocycles. The van der Waals surface area contributed by atoms with Gasteiger partial charge in [0.05, 0.1) is 5.69 Å². The largest absolute Gasteiger partial charge is 0.367 e. The SMILES string of the molecule is NC1(CN2CCN(c3ccccc3F)CC2)CCCC1. The zero-order valence-corrected chi connectivity index (χ0v) is 12.0. The van der Waals surface area contributed by atoms with Crippen molar-refractivity contribution in [2.24, 2.45) is 5.73 Å². The van der Waals surface area contributed by atoms with Gasteiger partial charge in [0.2, 0.25) is 0 Å². The maximum atomic E-state index is 13.8. The number of rotatable bonds is 3. The first-order chi connectivity index (χ1) is 9.66. The highest BCUT2D eigenvalue weighted by Gasteiger charge is 2.32. The van der Waals surface area contributed by atoms with Gasteiger partial charge in [-0.3, -0.25) is 4.90 Å². The molecule has 2 fully saturated rings. The maximum absolute atomic E-state index is 13.8. The van der Waals surface area contributed by atoms with E-state index in [1.807, 2.05) is 12.1 Å². The fourth-order valence-corrected chi connectivity index (χ4v) is 3.54. The maximum Gasteiger partial charge on any atom is 0.146 e. The van der Waals surface area contributed by atoms with Crippen molar-refractivity contribution in [1.82, 2.24) is 4.90 Å². The Balaban J connectivity index is 1.56. The summed E-state index contributed by atoms with van der Waals surface area (Å²) in [6.45, 7) is 4.73. The number of nitrogens with zero attached hydrogens (tertiary/aromatic N) is 2. The van der Waals surface area contributed by atoms with Gasteiger partial charge in [-0.15, -0.1) is 0 Å². The smallest absolute Gasteiger partial charge is 0.146 e. The standard InChI is InChI=1S/C16H24FN3/c17-14-5-1-2-6-15(14)20-11-9-19(10-12-20)13-16(18)7-3-4-8-16/h1-2,5-6H,3-4,7-13,18H2. The van der Waals surface area contributed by atoms with Crippen molar-refractivity contribution in [3.8, 4) is 0 Å². The molecular formula is C16H24FN3. The fraction of sp³-hybridized carbons (Fsp3) is 0.625. The van der Waals surface area contributed by atoms with Crippen LogP contribution in [0.3, 0.4) is 0 Å². The normalized spacial score (nSPS) is 23.2. The second kappa shape index (κ2) is 5.70. The number of nitrogens with two attached hydrogens (primary N) is 1. The van der Waals surface area contributed by atoms with E-state index in [9.17, 15) is 4.39 Å². The van der Waals surface area contributed by atoms with Gasteiger partial charge in [0.15, 0.2) is 0 Å². The highest BCUT2D eigenvalue weighted by atomic mass is 19.1. The first kappa shape index (κ1) is 13.8. The summed E-state index contributed by atoms with van der Waals surface area (Å²) in [6.07, 6.45) is 4.85. The number of hydrogen-bond donors (Lipinski definition) is 1. The molecule has 1 aliphatic heterocycles. The van der Waals surface area contributed by atoms with Crippen LogP contribution in [0.1, 0.15) is 25.7 Å². The molecule has 4 heteroatoms. The molecule has 0 amide bonds. The molecule has 0 unspecified atom stereocenters. The minimum atomic E-state index is -0.118. The van der Waals surface area contributed by atoms with Crippen molar-refractivity contribution in [1.29, 1.82) is 0 Å². The van der Waals surface area contributed by atoms with Crippen LogP contribution in [0.5, 0.6) is 0 Å².